The summed E-state index contributed by atoms with van der Waals surface area (Å²) in [7, 11) is 1.93. The van der Waals surface area contributed by atoms with E-state index in [0.717, 1.165) is 22.0 Å². The van der Waals surface area contributed by atoms with Gasteiger partial charge < -0.3 is 4.57 Å². The molecule has 154 valence electrons. The van der Waals surface area contributed by atoms with Gasteiger partial charge in [-0.25, -0.2) is 9.99 Å². The van der Waals surface area contributed by atoms with Crippen LogP contribution in [-0.4, -0.2) is 31.9 Å². The van der Waals surface area contributed by atoms with Gasteiger partial charge >= 0.3 is 0 Å². The normalized spacial score (nSPS) is 16.0. The highest BCUT2D eigenvalue weighted by Gasteiger charge is 2.33. The van der Waals surface area contributed by atoms with Crippen molar-refractivity contribution in [3.8, 4) is 0 Å². The Kier molecular flexibility index (Phi) is 5.30. The summed E-state index contributed by atoms with van der Waals surface area (Å²) in [6, 6.07) is 24.7. The van der Waals surface area contributed by atoms with Crippen LogP contribution in [0.15, 0.2) is 95.4 Å². The number of hydrogen-bond acceptors (Lipinski definition) is 4. The second-order valence-corrected chi connectivity index (χ2v) is 8.53. The largest absolute Gasteiger partial charge is 0.329 e. The zero-order chi connectivity index (χ0) is 21.2. The highest BCUT2D eigenvalue weighted by molar-refractivity contribution is 7.99. The SMILES string of the molecule is Cn1ccnc1SCC(=O)N1N=C(c2ccc3ccccc3c2)CC1c1ccccc1. The van der Waals surface area contributed by atoms with Crippen molar-refractivity contribution < 1.29 is 4.79 Å². The van der Waals surface area contributed by atoms with Crippen LogP contribution >= 0.6 is 11.8 Å². The third kappa shape index (κ3) is 3.99. The number of hydrazone groups is 1. The van der Waals surface area contributed by atoms with Crippen LogP contribution in [0.4, 0.5) is 0 Å². The van der Waals surface area contributed by atoms with Gasteiger partial charge in [0.15, 0.2) is 5.16 Å². The zero-order valence-corrected chi connectivity index (χ0v) is 18.0. The summed E-state index contributed by atoms with van der Waals surface area (Å²) < 4.78 is 1.92. The summed E-state index contributed by atoms with van der Waals surface area (Å²) in [6.45, 7) is 0. The van der Waals surface area contributed by atoms with Crippen molar-refractivity contribution in [3.63, 3.8) is 0 Å². The van der Waals surface area contributed by atoms with E-state index in [2.05, 4.69) is 47.4 Å². The van der Waals surface area contributed by atoms with Crippen LogP contribution in [0.25, 0.3) is 10.8 Å². The maximum atomic E-state index is 13.2. The average molecular weight is 427 g/mol. The highest BCUT2D eigenvalue weighted by Crippen LogP contribution is 2.34. The monoisotopic (exact) mass is 426 g/mol. The zero-order valence-electron chi connectivity index (χ0n) is 17.2. The highest BCUT2D eigenvalue weighted by atomic mass is 32.2. The van der Waals surface area contributed by atoms with Crippen molar-refractivity contribution in [3.05, 3.63) is 96.3 Å². The number of amides is 1. The number of hydrogen-bond donors (Lipinski definition) is 0. The summed E-state index contributed by atoms with van der Waals surface area (Å²) >= 11 is 1.44. The van der Waals surface area contributed by atoms with Crippen LogP contribution < -0.4 is 0 Å². The van der Waals surface area contributed by atoms with Gasteiger partial charge in [0.05, 0.1) is 17.5 Å². The van der Waals surface area contributed by atoms with Gasteiger partial charge in [-0.2, -0.15) is 5.10 Å². The molecule has 2 heterocycles. The minimum Gasteiger partial charge on any atom is -0.329 e. The first-order chi connectivity index (χ1) is 15.2. The Morgan fingerprint density at radius 2 is 1.81 bits per heavy atom. The number of carbonyl (C=O) groups is 1. The van der Waals surface area contributed by atoms with Gasteiger partial charge in [-0.15, -0.1) is 0 Å². The van der Waals surface area contributed by atoms with E-state index in [9.17, 15) is 4.79 Å². The molecule has 1 aliphatic rings. The Labute approximate surface area is 185 Å². The van der Waals surface area contributed by atoms with Crippen LogP contribution in [0.5, 0.6) is 0 Å². The van der Waals surface area contributed by atoms with E-state index in [1.54, 1.807) is 11.2 Å². The van der Waals surface area contributed by atoms with E-state index < -0.39 is 0 Å². The summed E-state index contributed by atoms with van der Waals surface area (Å²) in [4.78, 5) is 17.5. The third-order valence-electron chi connectivity index (χ3n) is 5.53. The Bertz CT molecular complexity index is 1260. The van der Waals surface area contributed by atoms with Gasteiger partial charge in [0.25, 0.3) is 5.91 Å². The van der Waals surface area contributed by atoms with E-state index in [4.69, 9.17) is 5.10 Å². The lowest BCUT2D eigenvalue weighted by Crippen LogP contribution is -2.28. The number of aryl methyl sites for hydroxylation is 1. The molecule has 4 aromatic rings. The molecule has 0 radical (unpaired) electrons. The molecule has 0 aliphatic carbocycles. The van der Waals surface area contributed by atoms with Gasteiger partial charge in [0.2, 0.25) is 0 Å². The number of fused-ring (bicyclic) bond motifs is 1. The molecule has 1 aromatic heterocycles. The van der Waals surface area contributed by atoms with Crippen LogP contribution in [0.2, 0.25) is 0 Å². The number of carbonyl (C=O) groups excluding carboxylic acids is 1. The topological polar surface area (TPSA) is 50.5 Å². The molecule has 3 aromatic carbocycles. The number of aromatic nitrogens is 2. The summed E-state index contributed by atoms with van der Waals surface area (Å²) in [5, 5.41) is 9.66. The predicted molar refractivity (Wildman–Crippen MR) is 125 cm³/mol. The standard InChI is InChI=1S/C25H22N4OS/c1-28-14-13-26-25(28)31-17-24(30)29-23(19-8-3-2-4-9-19)16-22(27-29)21-12-11-18-7-5-6-10-20(18)15-21/h2-15,23H,16-17H2,1H3. The molecule has 6 heteroatoms. The fourth-order valence-electron chi connectivity index (χ4n) is 3.90. The van der Waals surface area contributed by atoms with E-state index in [0.29, 0.717) is 12.2 Å². The third-order valence-corrected chi connectivity index (χ3v) is 6.58. The lowest BCUT2D eigenvalue weighted by atomic mass is 9.97. The summed E-state index contributed by atoms with van der Waals surface area (Å²) in [5.41, 5.74) is 3.10. The van der Waals surface area contributed by atoms with Gasteiger partial charge in [0.1, 0.15) is 0 Å². The molecule has 0 fully saturated rings. The molecule has 0 saturated heterocycles. The molecule has 0 N–H and O–H groups in total. The van der Waals surface area contributed by atoms with Crippen molar-refractivity contribution in [1.29, 1.82) is 0 Å². The molecule has 5 rings (SSSR count). The minimum absolute atomic E-state index is 0.0161. The lowest BCUT2D eigenvalue weighted by Gasteiger charge is -2.21. The second-order valence-electron chi connectivity index (χ2n) is 7.59. The number of nitrogens with zero attached hydrogens (tertiary/aromatic N) is 4. The summed E-state index contributed by atoms with van der Waals surface area (Å²) in [5.74, 6) is 0.278. The Morgan fingerprint density at radius 1 is 1.03 bits per heavy atom. The lowest BCUT2D eigenvalue weighted by molar-refractivity contribution is -0.130. The van der Waals surface area contributed by atoms with Crippen LogP contribution in [-0.2, 0) is 11.8 Å². The maximum Gasteiger partial charge on any atom is 0.253 e. The fourth-order valence-corrected chi connectivity index (χ4v) is 4.69. The van der Waals surface area contributed by atoms with E-state index in [-0.39, 0.29) is 11.9 Å². The molecule has 5 nitrogen and oxygen atoms in total. The van der Waals surface area contributed by atoms with E-state index >= 15 is 0 Å². The van der Waals surface area contributed by atoms with Crippen LogP contribution in [0.3, 0.4) is 0 Å². The van der Waals surface area contributed by atoms with E-state index in [1.807, 2.05) is 48.1 Å². The fraction of sp³-hybridized carbons (Fsp3) is 0.160. The first kappa shape index (κ1) is 19.6. The molecule has 1 atom stereocenters. The molecule has 1 unspecified atom stereocenters. The van der Waals surface area contributed by atoms with Gasteiger partial charge in [0, 0.05) is 25.9 Å². The molecular weight excluding hydrogens is 404 g/mol. The molecule has 1 aliphatic heterocycles. The minimum atomic E-state index is -0.0999. The Balaban J connectivity index is 1.44. The van der Waals surface area contributed by atoms with Gasteiger partial charge in [-0.05, 0) is 28.0 Å². The summed E-state index contributed by atoms with van der Waals surface area (Å²) in [6.07, 6.45) is 4.32. The molecule has 0 bridgehead atoms. The first-order valence-electron chi connectivity index (χ1n) is 10.2. The van der Waals surface area contributed by atoms with E-state index in [1.165, 1.54) is 22.5 Å². The smallest absolute Gasteiger partial charge is 0.253 e. The Hall–Kier alpha value is -3.38. The molecule has 31 heavy (non-hydrogen) atoms. The number of benzene rings is 3. The molecule has 0 saturated carbocycles. The predicted octanol–water partition coefficient (Wildman–Crippen LogP) is 5.04. The van der Waals surface area contributed by atoms with Gasteiger partial charge in [-0.3, -0.25) is 4.79 Å². The van der Waals surface area contributed by atoms with Crippen molar-refractivity contribution in [2.45, 2.75) is 17.6 Å². The second kappa shape index (κ2) is 8.40. The Morgan fingerprint density at radius 3 is 2.58 bits per heavy atom. The maximum absolute atomic E-state index is 13.2. The molecule has 0 spiro atoms. The van der Waals surface area contributed by atoms with Gasteiger partial charge in [-0.1, -0.05) is 78.5 Å². The van der Waals surface area contributed by atoms with Crippen LogP contribution in [0.1, 0.15) is 23.6 Å². The quantitative estimate of drug-likeness (QED) is 0.420. The number of imidazole rings is 1. The number of thioether (sulfide) groups is 1. The first-order valence-corrected chi connectivity index (χ1v) is 11.2. The average Bonchev–Trinajstić information content (AvgIpc) is 3.44. The van der Waals surface area contributed by atoms with Crippen molar-refractivity contribution in [2.75, 3.05) is 5.75 Å². The van der Waals surface area contributed by atoms with Crippen LogP contribution in [0, 0.1) is 0 Å². The van der Waals surface area contributed by atoms with Crippen molar-refractivity contribution in [1.82, 2.24) is 14.6 Å². The molecule has 1 amide bonds. The van der Waals surface area contributed by atoms with Crippen molar-refractivity contribution in [2.24, 2.45) is 12.1 Å². The van der Waals surface area contributed by atoms with Crippen molar-refractivity contribution >= 4 is 34.2 Å². The molecular formula is C25H22N4OS. The number of rotatable bonds is 5.